The minimum atomic E-state index is -3.77. The van der Waals surface area contributed by atoms with E-state index in [1.807, 2.05) is 0 Å². The Bertz CT molecular complexity index is 877. The van der Waals surface area contributed by atoms with Gasteiger partial charge in [0.2, 0.25) is 10.0 Å². The molecule has 0 spiro atoms. The van der Waals surface area contributed by atoms with E-state index in [2.05, 4.69) is 18.4 Å². The molecular formula is C15H19N5O4S2. The van der Waals surface area contributed by atoms with Gasteiger partial charge in [-0.05, 0) is 31.0 Å². The number of hydrogen-bond donors (Lipinski definition) is 2. The summed E-state index contributed by atoms with van der Waals surface area (Å²) >= 11 is 1.15. The molecule has 9 nitrogen and oxygen atoms in total. The third kappa shape index (κ3) is 3.94. The molecule has 2 aromatic rings. The summed E-state index contributed by atoms with van der Waals surface area (Å²) in [6.07, 6.45) is 3.00. The van der Waals surface area contributed by atoms with Gasteiger partial charge in [-0.25, -0.2) is 13.1 Å². The molecule has 0 saturated carbocycles. The first-order valence-electron chi connectivity index (χ1n) is 7.93. The molecular weight excluding hydrogens is 378 g/mol. The van der Waals surface area contributed by atoms with Gasteiger partial charge in [0.15, 0.2) is 5.82 Å². The number of piperidine rings is 1. The summed E-state index contributed by atoms with van der Waals surface area (Å²) in [5.74, 6) is 0.309. The Balaban J connectivity index is 1.70. The molecule has 1 fully saturated rings. The van der Waals surface area contributed by atoms with E-state index in [1.54, 1.807) is 6.20 Å². The Morgan fingerprint density at radius 3 is 2.69 bits per heavy atom. The summed E-state index contributed by atoms with van der Waals surface area (Å²) in [6.45, 7) is 1.38. The topological polar surface area (TPSA) is 128 Å². The molecule has 1 aliphatic heterocycles. The van der Waals surface area contributed by atoms with Gasteiger partial charge < -0.3 is 15.4 Å². The van der Waals surface area contributed by atoms with Crippen LogP contribution in [0.5, 0.6) is 5.75 Å². The standard InChI is InChI=1S/C15H19N5O4S2/c1-24-13-3-2-11(8-12(13)15(16)21)26(22,23)19-10-4-6-20(7-5-10)14-9-17-25-18-14/h2-3,8-10,19H,4-7H2,1H3,(H2,16,21). The monoisotopic (exact) mass is 397 g/mol. The van der Waals surface area contributed by atoms with Crippen LogP contribution in [0.25, 0.3) is 0 Å². The van der Waals surface area contributed by atoms with E-state index in [0.29, 0.717) is 25.9 Å². The fourth-order valence-corrected chi connectivity index (χ4v) is 4.63. The number of methoxy groups -OCH3 is 1. The lowest BCUT2D eigenvalue weighted by Crippen LogP contribution is -2.44. The maximum Gasteiger partial charge on any atom is 0.252 e. The normalized spacial score (nSPS) is 15.8. The van der Waals surface area contributed by atoms with Crippen LogP contribution in [0, 0.1) is 0 Å². The largest absolute Gasteiger partial charge is 0.496 e. The van der Waals surface area contributed by atoms with Crippen LogP contribution in [-0.2, 0) is 10.0 Å². The van der Waals surface area contributed by atoms with Crippen molar-refractivity contribution in [3.63, 3.8) is 0 Å². The summed E-state index contributed by atoms with van der Waals surface area (Å²) in [4.78, 5) is 13.6. The highest BCUT2D eigenvalue weighted by Gasteiger charge is 2.26. The maximum absolute atomic E-state index is 12.6. The van der Waals surface area contributed by atoms with Crippen molar-refractivity contribution in [1.82, 2.24) is 13.5 Å². The second kappa shape index (κ2) is 7.56. The highest BCUT2D eigenvalue weighted by Crippen LogP contribution is 2.23. The van der Waals surface area contributed by atoms with Crippen molar-refractivity contribution in [3.8, 4) is 5.75 Å². The minimum absolute atomic E-state index is 0.0155. The lowest BCUT2D eigenvalue weighted by atomic mass is 10.1. The van der Waals surface area contributed by atoms with E-state index >= 15 is 0 Å². The van der Waals surface area contributed by atoms with E-state index in [-0.39, 0.29) is 22.3 Å². The molecule has 140 valence electrons. The Labute approximate surface area is 155 Å². The van der Waals surface area contributed by atoms with Gasteiger partial charge in [0, 0.05) is 19.1 Å². The molecule has 26 heavy (non-hydrogen) atoms. The van der Waals surface area contributed by atoms with Gasteiger partial charge in [-0.2, -0.15) is 8.75 Å². The zero-order valence-electron chi connectivity index (χ0n) is 14.1. The van der Waals surface area contributed by atoms with Crippen LogP contribution in [0.15, 0.2) is 29.3 Å². The number of amides is 1. The third-order valence-electron chi connectivity index (χ3n) is 4.24. The molecule has 2 heterocycles. The van der Waals surface area contributed by atoms with E-state index in [0.717, 1.165) is 17.5 Å². The molecule has 1 aromatic heterocycles. The van der Waals surface area contributed by atoms with Gasteiger partial charge in [-0.3, -0.25) is 4.79 Å². The summed E-state index contributed by atoms with van der Waals surface area (Å²) in [6, 6.07) is 3.86. The summed E-state index contributed by atoms with van der Waals surface area (Å²) in [5.41, 5.74) is 5.33. The lowest BCUT2D eigenvalue weighted by molar-refractivity contribution is 0.0997. The number of anilines is 1. The quantitative estimate of drug-likeness (QED) is 0.730. The van der Waals surface area contributed by atoms with E-state index in [1.165, 1.54) is 25.3 Å². The summed E-state index contributed by atoms with van der Waals surface area (Å²) in [7, 11) is -2.38. The molecule has 1 amide bonds. The highest BCUT2D eigenvalue weighted by atomic mass is 32.2. The summed E-state index contributed by atoms with van der Waals surface area (Å²) < 4.78 is 41.2. The number of nitrogens with zero attached hydrogens (tertiary/aromatic N) is 3. The predicted molar refractivity (Wildman–Crippen MR) is 97.0 cm³/mol. The van der Waals surface area contributed by atoms with Gasteiger partial charge in [0.25, 0.3) is 5.91 Å². The second-order valence-electron chi connectivity index (χ2n) is 5.87. The van der Waals surface area contributed by atoms with Crippen LogP contribution >= 0.6 is 11.7 Å². The number of nitrogens with one attached hydrogen (secondary N) is 1. The van der Waals surface area contributed by atoms with Crippen LogP contribution in [0.2, 0.25) is 0 Å². The van der Waals surface area contributed by atoms with Gasteiger partial charge in [0.05, 0.1) is 35.5 Å². The molecule has 3 rings (SSSR count). The zero-order valence-corrected chi connectivity index (χ0v) is 15.7. The molecule has 0 aliphatic carbocycles. The number of ether oxygens (including phenoxy) is 1. The van der Waals surface area contributed by atoms with Crippen molar-refractivity contribution in [1.29, 1.82) is 0 Å². The van der Waals surface area contributed by atoms with Crippen LogP contribution in [0.1, 0.15) is 23.2 Å². The van der Waals surface area contributed by atoms with Gasteiger partial charge in [-0.15, -0.1) is 0 Å². The Morgan fingerprint density at radius 2 is 2.12 bits per heavy atom. The van der Waals surface area contributed by atoms with Crippen LogP contribution < -0.4 is 20.1 Å². The number of benzene rings is 1. The number of nitrogens with two attached hydrogens (primary N) is 1. The highest BCUT2D eigenvalue weighted by molar-refractivity contribution is 7.89. The molecule has 0 unspecified atom stereocenters. The van der Waals surface area contributed by atoms with Crippen molar-refractivity contribution in [2.75, 3.05) is 25.1 Å². The van der Waals surface area contributed by atoms with Crippen molar-refractivity contribution in [2.45, 2.75) is 23.8 Å². The fraction of sp³-hybridized carbons (Fsp3) is 0.400. The van der Waals surface area contributed by atoms with E-state index < -0.39 is 15.9 Å². The molecule has 3 N–H and O–H groups in total. The molecule has 0 bridgehead atoms. The zero-order chi connectivity index (χ0) is 18.7. The predicted octanol–water partition coefficient (Wildman–Crippen LogP) is 0.593. The molecule has 1 saturated heterocycles. The Morgan fingerprint density at radius 1 is 1.38 bits per heavy atom. The molecule has 1 aliphatic rings. The van der Waals surface area contributed by atoms with Crippen LogP contribution in [0.4, 0.5) is 5.82 Å². The number of aromatic nitrogens is 2. The molecule has 11 heteroatoms. The number of sulfonamides is 1. The number of rotatable bonds is 6. The average molecular weight is 397 g/mol. The van der Waals surface area contributed by atoms with Gasteiger partial charge in [0.1, 0.15) is 5.75 Å². The SMILES string of the molecule is COc1ccc(S(=O)(=O)NC2CCN(c3cnsn3)CC2)cc1C(N)=O. The second-order valence-corrected chi connectivity index (χ2v) is 8.15. The van der Waals surface area contributed by atoms with Crippen molar-refractivity contribution in [2.24, 2.45) is 5.73 Å². The van der Waals surface area contributed by atoms with Crippen molar-refractivity contribution in [3.05, 3.63) is 30.0 Å². The lowest BCUT2D eigenvalue weighted by Gasteiger charge is -2.32. The Hall–Kier alpha value is -2.24. The first kappa shape index (κ1) is 18.5. The average Bonchev–Trinajstić information content (AvgIpc) is 3.16. The molecule has 1 aromatic carbocycles. The number of carbonyl (C=O) groups excluding carboxylic acids is 1. The van der Waals surface area contributed by atoms with Gasteiger partial charge in [-0.1, -0.05) is 0 Å². The molecule has 0 radical (unpaired) electrons. The van der Waals surface area contributed by atoms with E-state index in [9.17, 15) is 13.2 Å². The van der Waals surface area contributed by atoms with Crippen LogP contribution in [0.3, 0.4) is 0 Å². The van der Waals surface area contributed by atoms with Crippen molar-refractivity contribution < 1.29 is 17.9 Å². The number of hydrogen-bond acceptors (Lipinski definition) is 8. The Kier molecular flexibility index (Phi) is 5.39. The minimum Gasteiger partial charge on any atom is -0.496 e. The van der Waals surface area contributed by atoms with Crippen molar-refractivity contribution >= 4 is 33.5 Å². The molecule has 0 atom stereocenters. The summed E-state index contributed by atoms with van der Waals surface area (Å²) in [5, 5.41) is 0. The fourth-order valence-electron chi connectivity index (χ4n) is 2.86. The number of primary amides is 1. The number of carbonyl (C=O) groups is 1. The third-order valence-corrected chi connectivity index (χ3v) is 6.22. The maximum atomic E-state index is 12.6. The first-order chi connectivity index (χ1) is 12.4. The first-order valence-corrected chi connectivity index (χ1v) is 10.1. The van der Waals surface area contributed by atoms with Crippen LogP contribution in [-0.4, -0.2) is 49.3 Å². The van der Waals surface area contributed by atoms with Gasteiger partial charge >= 0.3 is 0 Å². The smallest absolute Gasteiger partial charge is 0.252 e. The van der Waals surface area contributed by atoms with E-state index in [4.69, 9.17) is 10.5 Å².